The summed E-state index contributed by atoms with van der Waals surface area (Å²) < 4.78 is 5.20. The second-order valence-corrected chi connectivity index (χ2v) is 7.06. The Hall–Kier alpha value is -2.24. The predicted octanol–water partition coefficient (Wildman–Crippen LogP) is 3.18. The summed E-state index contributed by atoms with van der Waals surface area (Å²) in [5.41, 5.74) is 2.34. The van der Waals surface area contributed by atoms with Crippen LogP contribution in [0.3, 0.4) is 0 Å². The Morgan fingerprint density at radius 3 is 2.33 bits per heavy atom. The zero-order chi connectivity index (χ0) is 19.1. The molecule has 1 heterocycles. The van der Waals surface area contributed by atoms with Gasteiger partial charge in [-0.05, 0) is 42.0 Å². The van der Waals surface area contributed by atoms with Crippen molar-refractivity contribution in [2.24, 2.45) is 0 Å². The molecule has 1 saturated heterocycles. The minimum Gasteiger partial charge on any atom is -0.497 e. The van der Waals surface area contributed by atoms with E-state index < -0.39 is 0 Å². The minimum absolute atomic E-state index is 0.216. The van der Waals surface area contributed by atoms with E-state index in [4.69, 9.17) is 16.3 Å². The van der Waals surface area contributed by atoms with Crippen LogP contribution >= 0.6 is 11.6 Å². The van der Waals surface area contributed by atoms with Crippen molar-refractivity contribution in [2.45, 2.75) is 13.0 Å². The molecule has 1 amide bonds. The number of amides is 1. The average molecular weight is 388 g/mol. The van der Waals surface area contributed by atoms with Gasteiger partial charge in [0.1, 0.15) is 5.75 Å². The van der Waals surface area contributed by atoms with E-state index in [1.54, 1.807) is 7.11 Å². The molecule has 0 radical (unpaired) electrons. The van der Waals surface area contributed by atoms with E-state index in [0.29, 0.717) is 13.0 Å². The molecule has 1 aliphatic heterocycles. The third kappa shape index (κ3) is 5.62. The lowest BCUT2D eigenvalue weighted by atomic mass is 10.2. The van der Waals surface area contributed by atoms with E-state index in [1.807, 2.05) is 41.3 Å². The third-order valence-corrected chi connectivity index (χ3v) is 5.08. The summed E-state index contributed by atoms with van der Waals surface area (Å²) in [5, 5.41) is 4.06. The van der Waals surface area contributed by atoms with Crippen molar-refractivity contribution in [2.75, 3.05) is 44.7 Å². The first kappa shape index (κ1) is 19.5. The quantitative estimate of drug-likeness (QED) is 0.741. The maximum atomic E-state index is 12.4. The van der Waals surface area contributed by atoms with Crippen LogP contribution in [0, 0.1) is 0 Å². The molecule has 0 aromatic heterocycles. The van der Waals surface area contributed by atoms with Gasteiger partial charge >= 0.3 is 0 Å². The molecule has 5 nitrogen and oxygen atoms in total. The molecule has 0 atom stereocenters. The molecule has 2 aromatic carbocycles. The maximum Gasteiger partial charge on any atom is 0.223 e. The van der Waals surface area contributed by atoms with Crippen molar-refractivity contribution in [3.63, 3.8) is 0 Å². The number of rotatable bonds is 7. The first-order valence-corrected chi connectivity index (χ1v) is 9.65. The number of anilines is 1. The highest BCUT2D eigenvalue weighted by Crippen LogP contribution is 2.20. The number of methoxy groups -OCH3 is 1. The molecule has 144 valence electrons. The first-order chi connectivity index (χ1) is 13.2. The molecule has 0 saturated carbocycles. The lowest BCUT2D eigenvalue weighted by Gasteiger charge is -2.36. The molecule has 1 fully saturated rings. The zero-order valence-electron chi connectivity index (χ0n) is 15.7. The van der Waals surface area contributed by atoms with Crippen LogP contribution in [0.1, 0.15) is 12.0 Å². The summed E-state index contributed by atoms with van der Waals surface area (Å²) in [6.45, 7) is 4.67. The fourth-order valence-electron chi connectivity index (χ4n) is 3.20. The van der Waals surface area contributed by atoms with Crippen LogP contribution in [0.5, 0.6) is 5.75 Å². The molecule has 0 aliphatic carbocycles. The number of benzene rings is 2. The number of ether oxygens (including phenoxy) is 1. The van der Waals surface area contributed by atoms with Gasteiger partial charge in [-0.2, -0.15) is 0 Å². The highest BCUT2D eigenvalue weighted by atomic mass is 35.5. The average Bonchev–Trinajstić information content (AvgIpc) is 2.72. The Bertz CT molecular complexity index is 726. The summed E-state index contributed by atoms with van der Waals surface area (Å²) in [5.74, 6) is 1.08. The zero-order valence-corrected chi connectivity index (χ0v) is 16.4. The van der Waals surface area contributed by atoms with Crippen molar-refractivity contribution in [3.05, 3.63) is 59.1 Å². The molecule has 1 N–H and O–H groups in total. The molecule has 27 heavy (non-hydrogen) atoms. The molecule has 1 aliphatic rings. The highest BCUT2D eigenvalue weighted by molar-refractivity contribution is 6.30. The molecule has 0 spiro atoms. The number of hydrogen-bond acceptors (Lipinski definition) is 4. The van der Waals surface area contributed by atoms with Gasteiger partial charge < -0.3 is 19.9 Å². The van der Waals surface area contributed by atoms with Crippen LogP contribution in [-0.4, -0.2) is 50.6 Å². The van der Waals surface area contributed by atoms with Gasteiger partial charge in [0.25, 0.3) is 0 Å². The molecule has 0 bridgehead atoms. The van der Waals surface area contributed by atoms with E-state index in [1.165, 1.54) is 11.3 Å². The molecular weight excluding hydrogens is 362 g/mol. The summed E-state index contributed by atoms with van der Waals surface area (Å²) in [6.07, 6.45) is 0.524. The Morgan fingerprint density at radius 2 is 1.70 bits per heavy atom. The van der Waals surface area contributed by atoms with E-state index in [9.17, 15) is 4.79 Å². The second kappa shape index (κ2) is 9.62. The standard InChI is InChI=1S/C21H26ClN3O2/c1-27-20-8-6-19(7-9-20)24-12-14-25(15-13-24)21(26)10-11-23-16-17-2-4-18(22)5-3-17/h2-9,23H,10-16H2,1H3. The lowest BCUT2D eigenvalue weighted by Crippen LogP contribution is -2.49. The van der Waals surface area contributed by atoms with Gasteiger partial charge in [0.05, 0.1) is 7.11 Å². The number of carbonyl (C=O) groups excluding carboxylic acids is 1. The van der Waals surface area contributed by atoms with E-state index in [2.05, 4.69) is 22.3 Å². The van der Waals surface area contributed by atoms with Gasteiger partial charge in [-0.15, -0.1) is 0 Å². The van der Waals surface area contributed by atoms with E-state index >= 15 is 0 Å². The van der Waals surface area contributed by atoms with Gasteiger partial charge in [-0.3, -0.25) is 4.79 Å². The van der Waals surface area contributed by atoms with Crippen LogP contribution < -0.4 is 15.0 Å². The highest BCUT2D eigenvalue weighted by Gasteiger charge is 2.20. The van der Waals surface area contributed by atoms with E-state index in [0.717, 1.165) is 43.5 Å². The fraction of sp³-hybridized carbons (Fsp3) is 0.381. The van der Waals surface area contributed by atoms with Gasteiger partial charge in [0.2, 0.25) is 5.91 Å². The second-order valence-electron chi connectivity index (χ2n) is 6.62. The predicted molar refractivity (Wildman–Crippen MR) is 110 cm³/mol. The topological polar surface area (TPSA) is 44.8 Å². The van der Waals surface area contributed by atoms with Gasteiger partial charge in [-0.25, -0.2) is 0 Å². The number of piperazine rings is 1. The molecular formula is C21H26ClN3O2. The van der Waals surface area contributed by atoms with E-state index in [-0.39, 0.29) is 5.91 Å². The summed E-state index contributed by atoms with van der Waals surface area (Å²) in [4.78, 5) is 16.7. The first-order valence-electron chi connectivity index (χ1n) is 9.27. The lowest BCUT2D eigenvalue weighted by molar-refractivity contribution is -0.131. The van der Waals surface area contributed by atoms with Gasteiger partial charge in [0.15, 0.2) is 0 Å². The summed E-state index contributed by atoms with van der Waals surface area (Å²) in [7, 11) is 1.67. The number of halogens is 1. The van der Waals surface area contributed by atoms with Crippen molar-refractivity contribution in [3.8, 4) is 5.75 Å². The van der Waals surface area contributed by atoms with Gasteiger partial charge in [-0.1, -0.05) is 23.7 Å². The van der Waals surface area contributed by atoms with Crippen LogP contribution in [0.4, 0.5) is 5.69 Å². The number of carbonyl (C=O) groups is 1. The van der Waals surface area contributed by atoms with Crippen LogP contribution in [0.25, 0.3) is 0 Å². The molecule has 3 rings (SSSR count). The smallest absolute Gasteiger partial charge is 0.223 e. The Labute approximate surface area is 165 Å². The summed E-state index contributed by atoms with van der Waals surface area (Å²) >= 11 is 5.88. The van der Waals surface area contributed by atoms with Crippen LogP contribution in [0.2, 0.25) is 5.02 Å². The van der Waals surface area contributed by atoms with Crippen molar-refractivity contribution < 1.29 is 9.53 Å². The van der Waals surface area contributed by atoms with Gasteiger partial charge in [0, 0.05) is 56.4 Å². The fourth-order valence-corrected chi connectivity index (χ4v) is 3.32. The largest absolute Gasteiger partial charge is 0.497 e. The molecule has 0 unspecified atom stereocenters. The SMILES string of the molecule is COc1ccc(N2CCN(C(=O)CCNCc3ccc(Cl)cc3)CC2)cc1. The Balaban J connectivity index is 1.37. The monoisotopic (exact) mass is 387 g/mol. The van der Waals surface area contributed by atoms with Crippen LogP contribution in [-0.2, 0) is 11.3 Å². The number of hydrogen-bond donors (Lipinski definition) is 1. The Kier molecular flexibility index (Phi) is 6.96. The summed E-state index contributed by atoms with van der Waals surface area (Å²) in [6, 6.07) is 15.8. The Morgan fingerprint density at radius 1 is 1.04 bits per heavy atom. The maximum absolute atomic E-state index is 12.4. The van der Waals surface area contributed by atoms with Crippen molar-refractivity contribution >= 4 is 23.2 Å². The van der Waals surface area contributed by atoms with Crippen LogP contribution in [0.15, 0.2) is 48.5 Å². The number of nitrogens with zero attached hydrogens (tertiary/aromatic N) is 2. The normalized spacial score (nSPS) is 14.3. The third-order valence-electron chi connectivity index (χ3n) is 4.83. The number of nitrogens with one attached hydrogen (secondary N) is 1. The minimum atomic E-state index is 0.216. The molecule has 6 heteroatoms. The van der Waals surface area contributed by atoms with Crippen molar-refractivity contribution in [1.29, 1.82) is 0 Å². The molecule has 2 aromatic rings. The van der Waals surface area contributed by atoms with Crippen molar-refractivity contribution in [1.82, 2.24) is 10.2 Å².